The summed E-state index contributed by atoms with van der Waals surface area (Å²) in [5.41, 5.74) is 2.08. The number of carbonyl (C=O) groups is 1. The molecule has 0 N–H and O–H groups in total. The van der Waals surface area contributed by atoms with Crippen LogP contribution in [-0.2, 0) is 9.53 Å². The van der Waals surface area contributed by atoms with Gasteiger partial charge in [0.25, 0.3) is 5.91 Å². The number of para-hydroxylation sites is 2. The van der Waals surface area contributed by atoms with E-state index in [0.29, 0.717) is 12.3 Å². The Kier molecular flexibility index (Phi) is 8.04. The molecule has 0 aliphatic carbocycles. The molecule has 1 aliphatic rings. The predicted molar refractivity (Wildman–Crippen MR) is 123 cm³/mol. The molecule has 1 amide bonds. The summed E-state index contributed by atoms with van der Waals surface area (Å²) in [5.74, 6) is 0.605. The molecule has 0 bridgehead atoms. The number of halogens is 1. The number of amides is 1. The lowest BCUT2D eigenvalue weighted by atomic mass is 10.2. The van der Waals surface area contributed by atoms with Crippen LogP contribution in [0.15, 0.2) is 48.5 Å². The molecule has 2 heterocycles. The van der Waals surface area contributed by atoms with Crippen molar-refractivity contribution in [2.75, 3.05) is 50.9 Å². The lowest BCUT2D eigenvalue weighted by Crippen LogP contribution is -2.44. The van der Waals surface area contributed by atoms with Crippen molar-refractivity contribution >= 4 is 45.0 Å². The monoisotopic (exact) mass is 447 g/mol. The van der Waals surface area contributed by atoms with E-state index >= 15 is 0 Å². The third kappa shape index (κ3) is 5.49. The first-order chi connectivity index (χ1) is 14.2. The summed E-state index contributed by atoms with van der Waals surface area (Å²) in [6.45, 7) is 6.66. The smallest absolute Gasteiger partial charge is 0.266 e. The second-order valence-corrected chi connectivity index (χ2v) is 8.03. The van der Waals surface area contributed by atoms with Gasteiger partial charge in [0.05, 0.1) is 23.4 Å². The highest BCUT2D eigenvalue weighted by Gasteiger charge is 2.22. The standard InChI is InChI=1S/C22H25N3O3S.ClH/c1-17-6-5-9-19-21(17)23-22(29-19)25(11-10-24-12-14-27-15-13-24)20(26)16-28-18-7-3-2-4-8-18;/h2-9H,10-16H2,1H3;1H. The number of aryl methyl sites for hydroxylation is 1. The van der Waals surface area contributed by atoms with Gasteiger partial charge in [0, 0.05) is 26.2 Å². The minimum Gasteiger partial charge on any atom is -0.484 e. The molecule has 6 nitrogen and oxygen atoms in total. The lowest BCUT2D eigenvalue weighted by Gasteiger charge is -2.29. The molecule has 1 saturated heterocycles. The molecular weight excluding hydrogens is 422 g/mol. The Hall–Kier alpha value is -2.19. The number of thiazole rings is 1. The SMILES string of the molecule is Cc1cccc2sc(N(CCN3CCOCC3)C(=O)COc3ccccc3)nc12.Cl. The van der Waals surface area contributed by atoms with Crippen molar-refractivity contribution in [2.45, 2.75) is 6.92 Å². The molecule has 1 fully saturated rings. The van der Waals surface area contributed by atoms with Crippen LogP contribution in [-0.4, -0.2) is 61.8 Å². The molecule has 30 heavy (non-hydrogen) atoms. The van der Waals surface area contributed by atoms with Gasteiger partial charge in [0.2, 0.25) is 0 Å². The number of hydrogen-bond acceptors (Lipinski definition) is 6. The van der Waals surface area contributed by atoms with E-state index in [1.54, 1.807) is 16.2 Å². The average molecular weight is 448 g/mol. The third-order valence-electron chi connectivity index (χ3n) is 4.99. The molecule has 0 unspecified atom stereocenters. The van der Waals surface area contributed by atoms with E-state index in [-0.39, 0.29) is 24.9 Å². The Morgan fingerprint density at radius 3 is 2.67 bits per heavy atom. The van der Waals surface area contributed by atoms with Crippen LogP contribution in [0, 0.1) is 6.92 Å². The topological polar surface area (TPSA) is 54.9 Å². The number of ether oxygens (including phenoxy) is 2. The predicted octanol–water partition coefficient (Wildman–Crippen LogP) is 3.77. The van der Waals surface area contributed by atoms with Crippen LogP contribution in [0.25, 0.3) is 10.2 Å². The number of morpholine rings is 1. The first-order valence-corrected chi connectivity index (χ1v) is 10.7. The normalized spacial score (nSPS) is 14.3. The van der Waals surface area contributed by atoms with Crippen molar-refractivity contribution in [3.05, 3.63) is 54.1 Å². The van der Waals surface area contributed by atoms with Crippen LogP contribution in [0.2, 0.25) is 0 Å². The van der Waals surface area contributed by atoms with Gasteiger partial charge in [-0.2, -0.15) is 0 Å². The molecule has 1 aliphatic heterocycles. The fraction of sp³-hybridized carbons (Fsp3) is 0.364. The van der Waals surface area contributed by atoms with Gasteiger partial charge in [-0.1, -0.05) is 41.7 Å². The van der Waals surface area contributed by atoms with E-state index in [1.165, 1.54) is 0 Å². The van der Waals surface area contributed by atoms with E-state index in [2.05, 4.69) is 11.0 Å². The molecule has 0 radical (unpaired) electrons. The first kappa shape index (κ1) is 22.5. The Bertz CT molecular complexity index is 961. The van der Waals surface area contributed by atoms with Crippen molar-refractivity contribution in [1.29, 1.82) is 0 Å². The molecule has 4 rings (SSSR count). The second-order valence-electron chi connectivity index (χ2n) is 7.02. The van der Waals surface area contributed by atoms with Crippen LogP contribution in [0.3, 0.4) is 0 Å². The van der Waals surface area contributed by atoms with Gasteiger partial charge >= 0.3 is 0 Å². The summed E-state index contributed by atoms with van der Waals surface area (Å²) in [4.78, 5) is 21.9. The molecular formula is C22H26ClN3O3S. The highest BCUT2D eigenvalue weighted by atomic mass is 35.5. The maximum atomic E-state index is 13.1. The van der Waals surface area contributed by atoms with Gasteiger partial charge < -0.3 is 9.47 Å². The first-order valence-electron chi connectivity index (χ1n) is 9.85. The highest BCUT2D eigenvalue weighted by Crippen LogP contribution is 2.30. The van der Waals surface area contributed by atoms with Crippen LogP contribution < -0.4 is 9.64 Å². The van der Waals surface area contributed by atoms with Crippen LogP contribution in [0.5, 0.6) is 5.75 Å². The van der Waals surface area contributed by atoms with Crippen LogP contribution in [0.4, 0.5) is 5.13 Å². The van der Waals surface area contributed by atoms with E-state index in [0.717, 1.165) is 53.8 Å². The number of anilines is 1. The third-order valence-corrected chi connectivity index (χ3v) is 6.03. The zero-order valence-electron chi connectivity index (χ0n) is 17.0. The van der Waals surface area contributed by atoms with Crippen molar-refractivity contribution in [2.24, 2.45) is 0 Å². The van der Waals surface area contributed by atoms with E-state index in [1.807, 2.05) is 49.4 Å². The van der Waals surface area contributed by atoms with E-state index in [4.69, 9.17) is 14.5 Å². The van der Waals surface area contributed by atoms with Crippen molar-refractivity contribution < 1.29 is 14.3 Å². The van der Waals surface area contributed by atoms with Crippen LogP contribution in [0.1, 0.15) is 5.56 Å². The number of nitrogens with zero attached hydrogens (tertiary/aromatic N) is 3. The fourth-order valence-corrected chi connectivity index (χ4v) is 4.41. The largest absolute Gasteiger partial charge is 0.484 e. The van der Waals surface area contributed by atoms with Gasteiger partial charge in [-0.3, -0.25) is 14.6 Å². The van der Waals surface area contributed by atoms with Gasteiger partial charge in [0.15, 0.2) is 11.7 Å². The maximum Gasteiger partial charge on any atom is 0.266 e. The van der Waals surface area contributed by atoms with E-state index < -0.39 is 0 Å². The molecule has 1 aromatic heterocycles. The molecule has 0 atom stereocenters. The summed E-state index contributed by atoms with van der Waals surface area (Å²) >= 11 is 1.55. The van der Waals surface area contributed by atoms with Crippen molar-refractivity contribution in [3.63, 3.8) is 0 Å². The zero-order valence-corrected chi connectivity index (χ0v) is 18.6. The molecule has 3 aromatic rings. The Morgan fingerprint density at radius 2 is 1.93 bits per heavy atom. The summed E-state index contributed by atoms with van der Waals surface area (Å²) in [6.07, 6.45) is 0. The number of rotatable bonds is 7. The summed E-state index contributed by atoms with van der Waals surface area (Å²) in [5, 5.41) is 0.726. The highest BCUT2D eigenvalue weighted by molar-refractivity contribution is 7.22. The summed E-state index contributed by atoms with van der Waals surface area (Å²) in [7, 11) is 0. The maximum absolute atomic E-state index is 13.1. The van der Waals surface area contributed by atoms with Crippen molar-refractivity contribution in [3.8, 4) is 5.75 Å². The average Bonchev–Trinajstić information content (AvgIpc) is 3.19. The summed E-state index contributed by atoms with van der Waals surface area (Å²) in [6, 6.07) is 15.5. The minimum atomic E-state index is -0.0844. The molecule has 0 spiro atoms. The van der Waals surface area contributed by atoms with Crippen molar-refractivity contribution in [1.82, 2.24) is 9.88 Å². The number of fused-ring (bicyclic) bond motifs is 1. The van der Waals surface area contributed by atoms with E-state index in [9.17, 15) is 4.79 Å². The van der Waals surface area contributed by atoms with Gasteiger partial charge in [-0.05, 0) is 30.7 Å². The fourth-order valence-electron chi connectivity index (χ4n) is 3.32. The van der Waals surface area contributed by atoms with Gasteiger partial charge in [-0.15, -0.1) is 12.4 Å². The molecule has 160 valence electrons. The number of benzene rings is 2. The van der Waals surface area contributed by atoms with Gasteiger partial charge in [-0.25, -0.2) is 4.98 Å². The number of hydrogen-bond donors (Lipinski definition) is 0. The zero-order chi connectivity index (χ0) is 20.1. The quantitative estimate of drug-likeness (QED) is 0.551. The number of carbonyl (C=O) groups excluding carboxylic acids is 1. The molecule has 2 aromatic carbocycles. The summed E-state index contributed by atoms with van der Waals surface area (Å²) < 4.78 is 12.2. The van der Waals surface area contributed by atoms with Gasteiger partial charge in [0.1, 0.15) is 5.75 Å². The lowest BCUT2D eigenvalue weighted by molar-refractivity contribution is -0.120. The Balaban J connectivity index is 0.00000256. The van der Waals surface area contributed by atoms with Crippen LogP contribution >= 0.6 is 23.7 Å². The molecule has 0 saturated carbocycles. The minimum absolute atomic E-state index is 0. The second kappa shape index (κ2) is 10.7. The Morgan fingerprint density at radius 1 is 1.17 bits per heavy atom. The number of aromatic nitrogens is 1. The molecule has 8 heteroatoms. The Labute approximate surface area is 186 Å².